The highest BCUT2D eigenvalue weighted by atomic mass is 35.5. The van der Waals surface area contributed by atoms with Gasteiger partial charge in [-0.05, 0) is 49.6 Å². The van der Waals surface area contributed by atoms with E-state index in [-0.39, 0.29) is 6.10 Å². The number of ether oxygens (including phenoxy) is 1. The lowest BCUT2D eigenvalue weighted by Gasteiger charge is -2.32. The molecular formula is C20H20Cl2N4O2. The van der Waals surface area contributed by atoms with Crippen molar-refractivity contribution in [3.05, 3.63) is 58.0 Å². The molecule has 6 nitrogen and oxygen atoms in total. The Hall–Kier alpha value is -2.15. The molecule has 1 aromatic carbocycles. The van der Waals surface area contributed by atoms with Gasteiger partial charge in [-0.1, -0.05) is 34.4 Å². The number of aromatic nitrogens is 3. The molecule has 2 aromatic heterocycles. The summed E-state index contributed by atoms with van der Waals surface area (Å²) in [5.74, 6) is 2.05. The second-order valence-corrected chi connectivity index (χ2v) is 7.61. The van der Waals surface area contributed by atoms with Gasteiger partial charge in [-0.25, -0.2) is 4.98 Å². The summed E-state index contributed by atoms with van der Waals surface area (Å²) in [5, 5.41) is 4.96. The maximum atomic E-state index is 6.06. The molecule has 0 radical (unpaired) electrons. The van der Waals surface area contributed by atoms with E-state index in [1.54, 1.807) is 19.2 Å². The number of halogens is 2. The van der Waals surface area contributed by atoms with Gasteiger partial charge < -0.3 is 14.2 Å². The molecule has 8 heteroatoms. The molecule has 0 spiro atoms. The van der Waals surface area contributed by atoms with Gasteiger partial charge in [-0.2, -0.15) is 4.98 Å². The highest BCUT2D eigenvalue weighted by molar-refractivity contribution is 6.42. The van der Waals surface area contributed by atoms with Crippen molar-refractivity contribution in [1.82, 2.24) is 15.1 Å². The lowest BCUT2D eigenvalue weighted by molar-refractivity contribution is 0.0250. The van der Waals surface area contributed by atoms with Crippen molar-refractivity contribution in [3.8, 4) is 11.5 Å². The molecule has 146 valence electrons. The third-order valence-corrected chi connectivity index (χ3v) is 5.49. The maximum Gasteiger partial charge on any atom is 0.258 e. The number of hydrogen-bond acceptors (Lipinski definition) is 6. The van der Waals surface area contributed by atoms with Crippen LogP contribution in [0, 0.1) is 6.92 Å². The monoisotopic (exact) mass is 418 g/mol. The van der Waals surface area contributed by atoms with Crippen molar-refractivity contribution in [2.24, 2.45) is 0 Å². The second-order valence-electron chi connectivity index (χ2n) is 6.80. The Bertz CT molecular complexity index is 955. The summed E-state index contributed by atoms with van der Waals surface area (Å²) in [6.07, 6.45) is 3.86. The number of piperidine rings is 1. The summed E-state index contributed by atoms with van der Waals surface area (Å²) in [4.78, 5) is 11.0. The van der Waals surface area contributed by atoms with Gasteiger partial charge in [0.15, 0.2) is 5.82 Å². The number of benzene rings is 1. The Morgan fingerprint density at radius 2 is 1.96 bits per heavy atom. The van der Waals surface area contributed by atoms with E-state index in [0.29, 0.717) is 28.4 Å². The Kier molecular flexibility index (Phi) is 5.80. The van der Waals surface area contributed by atoms with E-state index in [2.05, 4.69) is 20.0 Å². The SMILES string of the molecule is Cc1noc(-c2ccnc(N3CCC(OCc4ccc(Cl)c(Cl)c4)CC3)c2)n1. The molecule has 1 fully saturated rings. The first-order valence-electron chi connectivity index (χ1n) is 9.16. The Morgan fingerprint density at radius 1 is 1.14 bits per heavy atom. The quantitative estimate of drug-likeness (QED) is 0.584. The average Bonchev–Trinajstić information content (AvgIpc) is 3.16. The van der Waals surface area contributed by atoms with Crippen LogP contribution in [0.25, 0.3) is 11.5 Å². The average molecular weight is 419 g/mol. The van der Waals surface area contributed by atoms with Crippen molar-refractivity contribution in [3.63, 3.8) is 0 Å². The zero-order valence-corrected chi connectivity index (χ0v) is 17.0. The first-order valence-corrected chi connectivity index (χ1v) is 9.91. The van der Waals surface area contributed by atoms with Crippen LogP contribution in [0.1, 0.15) is 24.2 Å². The van der Waals surface area contributed by atoms with Gasteiger partial charge >= 0.3 is 0 Å². The summed E-state index contributed by atoms with van der Waals surface area (Å²) in [6.45, 7) is 4.10. The van der Waals surface area contributed by atoms with E-state index in [9.17, 15) is 0 Å². The van der Waals surface area contributed by atoms with Crippen LogP contribution in [0.15, 0.2) is 41.1 Å². The molecule has 3 heterocycles. The van der Waals surface area contributed by atoms with E-state index < -0.39 is 0 Å². The largest absolute Gasteiger partial charge is 0.373 e. The van der Waals surface area contributed by atoms with E-state index >= 15 is 0 Å². The highest BCUT2D eigenvalue weighted by Gasteiger charge is 2.21. The molecule has 1 saturated heterocycles. The summed E-state index contributed by atoms with van der Waals surface area (Å²) in [5.41, 5.74) is 1.91. The Morgan fingerprint density at radius 3 is 2.68 bits per heavy atom. The third-order valence-electron chi connectivity index (χ3n) is 4.76. The molecule has 0 amide bonds. The molecule has 28 heavy (non-hydrogen) atoms. The van der Waals surface area contributed by atoms with Gasteiger partial charge in [0.1, 0.15) is 5.82 Å². The van der Waals surface area contributed by atoms with Crippen LogP contribution in [0.3, 0.4) is 0 Å². The normalized spacial score (nSPS) is 15.2. The molecule has 4 rings (SSSR count). The number of rotatable bonds is 5. The van der Waals surface area contributed by atoms with E-state index in [1.807, 2.05) is 24.3 Å². The molecule has 3 aromatic rings. The summed E-state index contributed by atoms with van der Waals surface area (Å²) >= 11 is 12.0. The molecule has 0 aliphatic carbocycles. The summed E-state index contributed by atoms with van der Waals surface area (Å²) in [7, 11) is 0. The summed E-state index contributed by atoms with van der Waals surface area (Å²) in [6, 6.07) is 9.47. The standard InChI is InChI=1S/C20H20Cl2N4O2/c1-13-24-20(28-25-13)15-4-7-23-19(11-15)26-8-5-16(6-9-26)27-12-14-2-3-17(21)18(22)10-14/h2-4,7,10-11,16H,5-6,8-9,12H2,1H3. The summed E-state index contributed by atoms with van der Waals surface area (Å²) < 4.78 is 11.3. The number of hydrogen-bond donors (Lipinski definition) is 0. The van der Waals surface area contributed by atoms with Crippen LogP contribution >= 0.6 is 23.2 Å². The van der Waals surface area contributed by atoms with Gasteiger partial charge in [0.2, 0.25) is 0 Å². The molecule has 0 bridgehead atoms. The van der Waals surface area contributed by atoms with Crippen LogP contribution in [0.5, 0.6) is 0 Å². The van der Waals surface area contributed by atoms with Crippen LogP contribution < -0.4 is 4.90 Å². The number of anilines is 1. The zero-order valence-electron chi connectivity index (χ0n) is 15.4. The number of nitrogens with zero attached hydrogens (tertiary/aromatic N) is 4. The Labute approximate surface area is 173 Å². The van der Waals surface area contributed by atoms with Crippen molar-refractivity contribution < 1.29 is 9.26 Å². The van der Waals surface area contributed by atoms with E-state index in [0.717, 1.165) is 42.9 Å². The van der Waals surface area contributed by atoms with Gasteiger partial charge in [-0.15, -0.1) is 0 Å². The minimum atomic E-state index is 0.215. The first kappa shape index (κ1) is 19.2. The fraction of sp³-hybridized carbons (Fsp3) is 0.350. The van der Waals surface area contributed by atoms with Crippen molar-refractivity contribution in [1.29, 1.82) is 0 Å². The Balaban J connectivity index is 1.33. The minimum Gasteiger partial charge on any atom is -0.373 e. The van der Waals surface area contributed by atoms with Crippen LogP contribution in [0.2, 0.25) is 10.0 Å². The van der Waals surface area contributed by atoms with Crippen molar-refractivity contribution in [2.75, 3.05) is 18.0 Å². The highest BCUT2D eigenvalue weighted by Crippen LogP contribution is 2.26. The number of pyridine rings is 1. The molecule has 0 unspecified atom stereocenters. The topological polar surface area (TPSA) is 64.3 Å². The predicted molar refractivity (Wildman–Crippen MR) is 109 cm³/mol. The van der Waals surface area contributed by atoms with Gasteiger partial charge in [0.25, 0.3) is 5.89 Å². The van der Waals surface area contributed by atoms with Crippen molar-refractivity contribution in [2.45, 2.75) is 32.5 Å². The molecule has 1 aliphatic heterocycles. The lowest BCUT2D eigenvalue weighted by atomic mass is 10.1. The number of aryl methyl sites for hydroxylation is 1. The minimum absolute atomic E-state index is 0.215. The second kappa shape index (κ2) is 8.47. The van der Waals surface area contributed by atoms with Crippen LogP contribution in [0.4, 0.5) is 5.82 Å². The zero-order chi connectivity index (χ0) is 19.5. The molecule has 1 aliphatic rings. The maximum absolute atomic E-state index is 6.06. The molecule has 0 saturated carbocycles. The fourth-order valence-corrected chi connectivity index (χ4v) is 3.55. The van der Waals surface area contributed by atoms with Gasteiger partial charge in [-0.3, -0.25) is 0 Å². The van der Waals surface area contributed by atoms with Gasteiger partial charge in [0, 0.05) is 24.8 Å². The van der Waals surface area contributed by atoms with Crippen LogP contribution in [-0.2, 0) is 11.3 Å². The van der Waals surface area contributed by atoms with E-state index in [4.69, 9.17) is 32.5 Å². The predicted octanol–water partition coefficient (Wildman–Crippen LogP) is 4.93. The fourth-order valence-electron chi connectivity index (χ4n) is 3.23. The first-order chi connectivity index (χ1) is 13.6. The van der Waals surface area contributed by atoms with Crippen molar-refractivity contribution >= 4 is 29.0 Å². The molecule has 0 atom stereocenters. The third kappa shape index (κ3) is 4.46. The lowest BCUT2D eigenvalue weighted by Crippen LogP contribution is -2.37. The smallest absolute Gasteiger partial charge is 0.258 e. The van der Waals surface area contributed by atoms with Crippen LogP contribution in [-0.4, -0.2) is 34.3 Å². The molecular weight excluding hydrogens is 399 g/mol. The molecule has 0 N–H and O–H groups in total. The van der Waals surface area contributed by atoms with Gasteiger partial charge in [0.05, 0.1) is 22.8 Å². The van der Waals surface area contributed by atoms with E-state index in [1.165, 1.54) is 0 Å².